The minimum atomic E-state index is -0.994. The Balaban J connectivity index is 0. The van der Waals surface area contributed by atoms with Crippen molar-refractivity contribution in [2.24, 2.45) is 0 Å². The van der Waals surface area contributed by atoms with Crippen molar-refractivity contribution in [2.75, 3.05) is 6.61 Å². The average molecular weight is 387 g/mol. The fraction of sp³-hybridized carbons (Fsp3) is 0.958. The molecular formula is C24H50O3. The van der Waals surface area contributed by atoms with E-state index in [1.807, 2.05) is 0 Å². The first kappa shape index (κ1) is 28.6. The predicted octanol–water partition coefficient (Wildman–Crippen LogP) is 7.59. The zero-order chi connectivity index (χ0) is 20.6. The van der Waals surface area contributed by atoms with E-state index in [2.05, 4.69) is 20.8 Å². The molecule has 3 heteroatoms. The van der Waals surface area contributed by atoms with Crippen LogP contribution in [0, 0.1) is 0 Å². The van der Waals surface area contributed by atoms with Crippen molar-refractivity contribution in [3.63, 3.8) is 0 Å². The fourth-order valence-electron chi connectivity index (χ4n) is 2.94. The van der Waals surface area contributed by atoms with Gasteiger partial charge in [0.05, 0.1) is 6.61 Å². The normalized spacial score (nSPS) is 11.6. The van der Waals surface area contributed by atoms with Gasteiger partial charge in [0.25, 0.3) is 0 Å². The van der Waals surface area contributed by atoms with Gasteiger partial charge in [0.15, 0.2) is 0 Å². The van der Waals surface area contributed by atoms with Crippen LogP contribution in [0.3, 0.4) is 0 Å². The molecule has 3 nitrogen and oxygen atoms in total. The summed E-state index contributed by atoms with van der Waals surface area (Å²) in [7, 11) is 0. The standard InChI is InChI=1S/C21H42O3.C3H8/c1-3-4-5-6-7-8-9-10-11-12-13-14-15-16-17-18-19-24-21(23)20(2)22;1-3-2/h20,22H,3-19H2,1-2H3;3H2,1-2H3. The van der Waals surface area contributed by atoms with Gasteiger partial charge >= 0.3 is 5.97 Å². The molecule has 27 heavy (non-hydrogen) atoms. The van der Waals surface area contributed by atoms with Gasteiger partial charge in [-0.1, -0.05) is 124 Å². The van der Waals surface area contributed by atoms with Crippen molar-refractivity contribution in [1.29, 1.82) is 0 Å². The third kappa shape index (κ3) is 27.7. The molecule has 0 aromatic rings. The number of aliphatic hydroxyl groups is 1. The van der Waals surface area contributed by atoms with E-state index >= 15 is 0 Å². The Bertz CT molecular complexity index is 277. The first-order chi connectivity index (χ1) is 13.1. The highest BCUT2D eigenvalue weighted by atomic mass is 16.5. The lowest BCUT2D eigenvalue weighted by molar-refractivity contribution is -0.152. The number of ether oxygens (including phenoxy) is 1. The zero-order valence-corrected chi connectivity index (χ0v) is 19.1. The van der Waals surface area contributed by atoms with Crippen LogP contribution in [0.2, 0.25) is 0 Å². The SMILES string of the molecule is CCC.CCCCCCCCCCCCCCCCCCOC(=O)C(C)O. The van der Waals surface area contributed by atoms with Crippen LogP contribution in [0.15, 0.2) is 0 Å². The number of hydrogen-bond donors (Lipinski definition) is 1. The summed E-state index contributed by atoms with van der Waals surface area (Å²) in [6.45, 7) is 8.41. The fourth-order valence-corrected chi connectivity index (χ4v) is 2.94. The molecule has 0 amide bonds. The minimum Gasteiger partial charge on any atom is -0.464 e. The van der Waals surface area contributed by atoms with E-state index in [0.717, 1.165) is 12.8 Å². The van der Waals surface area contributed by atoms with Crippen molar-refractivity contribution >= 4 is 5.97 Å². The quantitative estimate of drug-likeness (QED) is 0.195. The van der Waals surface area contributed by atoms with E-state index < -0.39 is 12.1 Å². The van der Waals surface area contributed by atoms with Crippen molar-refractivity contribution in [3.8, 4) is 0 Å². The lowest BCUT2D eigenvalue weighted by atomic mass is 10.0. The Morgan fingerprint density at radius 1 is 0.667 bits per heavy atom. The second-order valence-electron chi connectivity index (χ2n) is 7.85. The Hall–Kier alpha value is -0.570. The van der Waals surface area contributed by atoms with Crippen LogP contribution >= 0.6 is 0 Å². The molecule has 0 rings (SSSR count). The third-order valence-electron chi connectivity index (χ3n) is 4.58. The second-order valence-corrected chi connectivity index (χ2v) is 7.85. The van der Waals surface area contributed by atoms with Gasteiger partial charge < -0.3 is 9.84 Å². The highest BCUT2D eigenvalue weighted by Gasteiger charge is 2.08. The molecule has 0 fully saturated rings. The predicted molar refractivity (Wildman–Crippen MR) is 118 cm³/mol. The molecule has 0 saturated carbocycles. The molecule has 1 N–H and O–H groups in total. The number of esters is 1. The minimum absolute atomic E-state index is 0.447. The molecule has 0 aromatic carbocycles. The van der Waals surface area contributed by atoms with Crippen LogP contribution in [0.25, 0.3) is 0 Å². The summed E-state index contributed by atoms with van der Waals surface area (Å²) in [5.41, 5.74) is 0. The van der Waals surface area contributed by atoms with E-state index in [1.165, 1.54) is 103 Å². The van der Waals surface area contributed by atoms with E-state index in [9.17, 15) is 4.79 Å². The first-order valence-electron chi connectivity index (χ1n) is 11.9. The largest absolute Gasteiger partial charge is 0.464 e. The number of unbranched alkanes of at least 4 members (excludes halogenated alkanes) is 15. The van der Waals surface area contributed by atoms with Crippen molar-refractivity contribution in [3.05, 3.63) is 0 Å². The molecule has 0 aliphatic rings. The molecule has 0 heterocycles. The highest BCUT2D eigenvalue weighted by molar-refractivity contribution is 5.73. The molecule has 0 aliphatic carbocycles. The first-order valence-corrected chi connectivity index (χ1v) is 11.9. The molecule has 0 radical (unpaired) electrons. The lowest BCUT2D eigenvalue weighted by Gasteiger charge is -2.06. The van der Waals surface area contributed by atoms with E-state index in [-0.39, 0.29) is 0 Å². The molecule has 1 atom stereocenters. The maximum Gasteiger partial charge on any atom is 0.334 e. The molecule has 0 aliphatic heterocycles. The van der Waals surface area contributed by atoms with Gasteiger partial charge in [0, 0.05) is 0 Å². The Morgan fingerprint density at radius 3 is 1.26 bits per heavy atom. The van der Waals surface area contributed by atoms with Crippen LogP contribution in [-0.2, 0) is 9.53 Å². The summed E-state index contributed by atoms with van der Waals surface area (Å²) in [5, 5.41) is 8.98. The summed E-state index contributed by atoms with van der Waals surface area (Å²) in [6.07, 6.45) is 21.6. The zero-order valence-electron chi connectivity index (χ0n) is 19.1. The van der Waals surface area contributed by atoms with Crippen molar-refractivity contribution < 1.29 is 14.6 Å². The average Bonchev–Trinajstić information content (AvgIpc) is 2.64. The number of carbonyl (C=O) groups is 1. The molecule has 1 unspecified atom stereocenters. The smallest absolute Gasteiger partial charge is 0.334 e. The van der Waals surface area contributed by atoms with Crippen LogP contribution in [0.1, 0.15) is 137 Å². The van der Waals surface area contributed by atoms with Crippen molar-refractivity contribution in [2.45, 2.75) is 143 Å². The molecule has 0 aromatic heterocycles. The van der Waals surface area contributed by atoms with E-state index in [4.69, 9.17) is 9.84 Å². The summed E-state index contributed by atoms with van der Waals surface area (Å²) >= 11 is 0. The number of carbonyl (C=O) groups excluding carboxylic acids is 1. The van der Waals surface area contributed by atoms with Crippen molar-refractivity contribution in [1.82, 2.24) is 0 Å². The maximum absolute atomic E-state index is 11.0. The summed E-state index contributed by atoms with van der Waals surface area (Å²) in [6, 6.07) is 0. The molecule has 0 spiro atoms. The van der Waals surface area contributed by atoms with Gasteiger partial charge in [-0.2, -0.15) is 0 Å². The van der Waals surface area contributed by atoms with Gasteiger partial charge in [0.1, 0.15) is 6.10 Å². The third-order valence-corrected chi connectivity index (χ3v) is 4.58. The van der Waals surface area contributed by atoms with E-state index in [1.54, 1.807) is 0 Å². The van der Waals surface area contributed by atoms with Gasteiger partial charge in [-0.05, 0) is 13.3 Å². The Kier molecular flexibility index (Phi) is 27.0. The van der Waals surface area contributed by atoms with Crippen LogP contribution in [0.5, 0.6) is 0 Å². The number of hydrogen-bond acceptors (Lipinski definition) is 3. The maximum atomic E-state index is 11.0. The molecule has 164 valence electrons. The van der Waals surface area contributed by atoms with Gasteiger partial charge in [-0.3, -0.25) is 0 Å². The second kappa shape index (κ2) is 25.4. The van der Waals surface area contributed by atoms with Crippen LogP contribution in [0.4, 0.5) is 0 Å². The molecular weight excluding hydrogens is 336 g/mol. The molecule has 0 saturated heterocycles. The number of rotatable bonds is 18. The summed E-state index contributed by atoms with van der Waals surface area (Å²) in [4.78, 5) is 11.0. The van der Waals surface area contributed by atoms with E-state index in [0.29, 0.717) is 6.61 Å². The van der Waals surface area contributed by atoms with Gasteiger partial charge in [-0.15, -0.1) is 0 Å². The Morgan fingerprint density at radius 2 is 0.963 bits per heavy atom. The summed E-state index contributed by atoms with van der Waals surface area (Å²) < 4.78 is 4.93. The highest BCUT2D eigenvalue weighted by Crippen LogP contribution is 2.13. The number of aliphatic hydroxyl groups excluding tert-OH is 1. The van der Waals surface area contributed by atoms with Crippen LogP contribution in [-0.4, -0.2) is 23.8 Å². The Labute approximate surface area is 170 Å². The summed E-state index contributed by atoms with van der Waals surface area (Å²) in [5.74, 6) is -0.504. The monoisotopic (exact) mass is 386 g/mol. The van der Waals surface area contributed by atoms with Gasteiger partial charge in [-0.25, -0.2) is 4.79 Å². The van der Waals surface area contributed by atoms with Gasteiger partial charge in [0.2, 0.25) is 0 Å². The molecule has 0 bridgehead atoms. The van der Waals surface area contributed by atoms with Crippen LogP contribution < -0.4 is 0 Å². The topological polar surface area (TPSA) is 46.5 Å². The lowest BCUT2D eigenvalue weighted by Crippen LogP contribution is -2.19.